The van der Waals surface area contributed by atoms with E-state index in [0.717, 1.165) is 21.3 Å². The molecule has 0 saturated heterocycles. The maximum Gasteiger partial charge on any atom is 0.349 e. The van der Waals surface area contributed by atoms with Gasteiger partial charge in [-0.3, -0.25) is 9.78 Å². The molecule has 0 spiro atoms. The normalized spacial score (nSPS) is 11.0. The number of nitrogens with one attached hydrogen (secondary N) is 1. The van der Waals surface area contributed by atoms with E-state index in [1.54, 1.807) is 12.4 Å². The van der Waals surface area contributed by atoms with Gasteiger partial charge in [-0.15, -0.1) is 5.10 Å². The number of benzene rings is 2. The van der Waals surface area contributed by atoms with E-state index in [4.69, 9.17) is 28.5 Å². The number of nitrogens with zero attached hydrogens (tertiary/aromatic N) is 5. The van der Waals surface area contributed by atoms with Gasteiger partial charge in [0.25, 0.3) is 5.56 Å². The molecule has 2 aromatic carbocycles. The number of aromatic amines is 1. The average molecular weight is 427 g/mol. The molecule has 0 aliphatic heterocycles. The predicted molar refractivity (Wildman–Crippen MR) is 109 cm³/mol. The molecule has 0 amide bonds. The molecule has 0 radical (unpaired) electrons. The molecule has 10 heteroatoms. The molecule has 2 heterocycles. The number of H-pyrrole nitrogens is 1. The van der Waals surface area contributed by atoms with Gasteiger partial charge in [-0.25, -0.2) is 9.78 Å². The van der Waals surface area contributed by atoms with Crippen LogP contribution in [0, 0.1) is 11.3 Å². The molecule has 1 N–H and O–H groups in total. The summed E-state index contributed by atoms with van der Waals surface area (Å²) in [5, 5.41) is 13.4. The van der Waals surface area contributed by atoms with Crippen molar-refractivity contribution in [3.63, 3.8) is 0 Å². The minimum atomic E-state index is -0.854. The summed E-state index contributed by atoms with van der Waals surface area (Å²) in [7, 11) is 1.91. The highest BCUT2D eigenvalue weighted by atomic mass is 35.5. The number of imidazole rings is 1. The highest BCUT2D eigenvalue weighted by molar-refractivity contribution is 6.36. The van der Waals surface area contributed by atoms with Gasteiger partial charge in [-0.05, 0) is 35.4 Å². The number of hydrogen-bond donors (Lipinski definition) is 1. The van der Waals surface area contributed by atoms with Crippen molar-refractivity contribution in [2.24, 2.45) is 7.05 Å². The Morgan fingerprint density at radius 1 is 1.17 bits per heavy atom. The van der Waals surface area contributed by atoms with Crippen LogP contribution in [0.2, 0.25) is 10.0 Å². The molecule has 0 saturated carbocycles. The van der Waals surface area contributed by atoms with Gasteiger partial charge in [0.2, 0.25) is 5.69 Å². The highest BCUT2D eigenvalue weighted by Crippen LogP contribution is 2.30. The van der Waals surface area contributed by atoms with Crippen LogP contribution in [-0.2, 0) is 13.5 Å². The summed E-state index contributed by atoms with van der Waals surface area (Å²) in [6.45, 7) is 0. The average Bonchev–Trinajstić information content (AvgIpc) is 3.05. The van der Waals surface area contributed by atoms with Crippen LogP contribution in [-0.4, -0.2) is 24.3 Å². The number of fused-ring (bicyclic) bond motifs is 1. The van der Waals surface area contributed by atoms with Crippen molar-refractivity contribution < 1.29 is 0 Å². The zero-order valence-corrected chi connectivity index (χ0v) is 16.5. The lowest BCUT2D eigenvalue weighted by Crippen LogP contribution is -2.33. The molecule has 0 bridgehead atoms. The predicted octanol–water partition coefficient (Wildman–Crippen LogP) is 2.58. The van der Waals surface area contributed by atoms with Crippen LogP contribution in [0.3, 0.4) is 0 Å². The van der Waals surface area contributed by atoms with E-state index in [2.05, 4.69) is 10.1 Å². The summed E-state index contributed by atoms with van der Waals surface area (Å²) in [5.41, 5.74) is 1.69. The largest absolute Gasteiger partial charge is 0.349 e. The monoisotopic (exact) mass is 426 g/mol. The molecular weight excluding hydrogens is 415 g/mol. The molecule has 0 aliphatic rings. The Kier molecular flexibility index (Phi) is 4.70. The van der Waals surface area contributed by atoms with E-state index in [-0.39, 0.29) is 5.69 Å². The van der Waals surface area contributed by atoms with Gasteiger partial charge in [-0.2, -0.15) is 9.94 Å². The van der Waals surface area contributed by atoms with E-state index >= 15 is 0 Å². The van der Waals surface area contributed by atoms with Crippen LogP contribution in [0.4, 0.5) is 0 Å². The zero-order valence-electron chi connectivity index (χ0n) is 15.0. The molecule has 29 heavy (non-hydrogen) atoms. The van der Waals surface area contributed by atoms with Crippen LogP contribution in [0.15, 0.2) is 46.2 Å². The lowest BCUT2D eigenvalue weighted by atomic mass is 10.0. The Balaban J connectivity index is 1.76. The van der Waals surface area contributed by atoms with Crippen molar-refractivity contribution in [2.45, 2.75) is 6.42 Å². The van der Waals surface area contributed by atoms with Crippen LogP contribution in [0.25, 0.3) is 16.7 Å². The molecule has 2 aromatic heterocycles. The first-order chi connectivity index (χ1) is 13.9. The van der Waals surface area contributed by atoms with Crippen LogP contribution in [0.5, 0.6) is 0 Å². The van der Waals surface area contributed by atoms with Gasteiger partial charge in [0.05, 0.1) is 23.0 Å². The Morgan fingerprint density at radius 3 is 2.59 bits per heavy atom. The smallest absolute Gasteiger partial charge is 0.334 e. The minimum Gasteiger partial charge on any atom is -0.334 e. The van der Waals surface area contributed by atoms with Crippen molar-refractivity contribution in [3.05, 3.63) is 84.4 Å². The summed E-state index contributed by atoms with van der Waals surface area (Å²) in [4.78, 5) is 30.0. The number of nitriles is 1. The third kappa shape index (κ3) is 3.42. The van der Waals surface area contributed by atoms with Crippen LogP contribution < -0.4 is 11.2 Å². The van der Waals surface area contributed by atoms with E-state index in [1.807, 2.05) is 34.8 Å². The van der Waals surface area contributed by atoms with Crippen molar-refractivity contribution in [3.8, 4) is 11.8 Å². The van der Waals surface area contributed by atoms with Gasteiger partial charge in [0.15, 0.2) is 0 Å². The van der Waals surface area contributed by atoms with E-state index in [9.17, 15) is 9.59 Å². The zero-order chi connectivity index (χ0) is 20.7. The van der Waals surface area contributed by atoms with Gasteiger partial charge in [0.1, 0.15) is 6.07 Å². The molecule has 0 fully saturated rings. The third-order valence-electron chi connectivity index (χ3n) is 4.47. The van der Waals surface area contributed by atoms with Crippen LogP contribution >= 0.6 is 23.2 Å². The van der Waals surface area contributed by atoms with Gasteiger partial charge >= 0.3 is 5.69 Å². The topological polar surface area (TPSA) is 109 Å². The van der Waals surface area contributed by atoms with Crippen molar-refractivity contribution in [2.75, 3.05) is 0 Å². The maximum absolute atomic E-state index is 12.1. The Bertz CT molecular complexity index is 1400. The SMILES string of the molecule is Cn1cnc2ccc(Cc3c(Cl)cc(-n4nc(C#N)c(=O)[nH]c4=O)cc3Cl)cc21. The van der Waals surface area contributed by atoms with Crippen molar-refractivity contribution in [1.82, 2.24) is 24.3 Å². The summed E-state index contributed by atoms with van der Waals surface area (Å²) in [5.74, 6) is 0. The number of halogens is 2. The standard InChI is InChI=1S/C19H12Cl2N6O2/c1-26-9-23-15-3-2-10(5-17(15)26)4-12-13(20)6-11(7-14(12)21)27-19(29)24-18(28)16(8-22)25-27/h2-3,5-7,9H,4H2,1H3,(H,24,28,29). The molecule has 8 nitrogen and oxygen atoms in total. The third-order valence-corrected chi connectivity index (χ3v) is 5.15. The molecular formula is C19H12Cl2N6O2. The first kappa shape index (κ1) is 18.9. The number of hydrogen-bond acceptors (Lipinski definition) is 5. The maximum atomic E-state index is 12.1. The first-order valence-electron chi connectivity index (χ1n) is 8.39. The fourth-order valence-electron chi connectivity index (χ4n) is 3.01. The van der Waals surface area contributed by atoms with E-state index in [0.29, 0.717) is 22.0 Å². The fourth-order valence-corrected chi connectivity index (χ4v) is 3.62. The second kappa shape index (κ2) is 7.20. The van der Waals surface area contributed by atoms with Crippen molar-refractivity contribution in [1.29, 1.82) is 5.26 Å². The summed E-state index contributed by atoms with van der Waals surface area (Å²) < 4.78 is 2.80. The summed E-state index contributed by atoms with van der Waals surface area (Å²) in [6.07, 6.45) is 2.21. The lowest BCUT2D eigenvalue weighted by Gasteiger charge is -2.11. The molecule has 0 aliphatic carbocycles. The number of rotatable bonds is 3. The second-order valence-electron chi connectivity index (χ2n) is 6.37. The molecule has 0 atom stereocenters. The molecule has 4 rings (SSSR count). The fraction of sp³-hybridized carbons (Fsp3) is 0.105. The second-order valence-corrected chi connectivity index (χ2v) is 7.19. The van der Waals surface area contributed by atoms with E-state index < -0.39 is 16.9 Å². The van der Waals surface area contributed by atoms with Gasteiger partial charge in [-0.1, -0.05) is 29.3 Å². The minimum absolute atomic E-state index is 0.239. The van der Waals surface area contributed by atoms with E-state index in [1.165, 1.54) is 12.1 Å². The number of aryl methyl sites for hydroxylation is 1. The number of aromatic nitrogens is 5. The van der Waals surface area contributed by atoms with Gasteiger partial charge in [0, 0.05) is 23.5 Å². The Morgan fingerprint density at radius 2 is 1.90 bits per heavy atom. The Labute approximate surface area is 173 Å². The molecule has 0 unspecified atom stereocenters. The highest BCUT2D eigenvalue weighted by Gasteiger charge is 2.14. The van der Waals surface area contributed by atoms with Crippen LogP contribution in [0.1, 0.15) is 16.8 Å². The lowest BCUT2D eigenvalue weighted by molar-refractivity contribution is 0.740. The molecule has 144 valence electrons. The summed E-state index contributed by atoms with van der Waals surface area (Å²) >= 11 is 12.9. The quantitative estimate of drug-likeness (QED) is 0.541. The first-order valence-corrected chi connectivity index (χ1v) is 9.15. The Hall–Kier alpha value is -3.41. The molecule has 4 aromatic rings. The summed E-state index contributed by atoms with van der Waals surface area (Å²) in [6, 6.07) is 10.5. The van der Waals surface area contributed by atoms with Gasteiger partial charge < -0.3 is 4.57 Å². The van der Waals surface area contributed by atoms with Crippen molar-refractivity contribution >= 4 is 34.2 Å².